The van der Waals surface area contributed by atoms with Crippen LogP contribution in [-0.4, -0.2) is 35.3 Å². The number of nitrogens with zero attached hydrogens (tertiary/aromatic N) is 6. The van der Waals surface area contributed by atoms with E-state index in [1.807, 2.05) is 30.8 Å². The average Bonchev–Trinajstić information content (AvgIpc) is 3.13. The highest BCUT2D eigenvalue weighted by atomic mass is 16.2. The molecule has 0 aliphatic rings. The number of fused-ring (bicyclic) bond motifs is 1. The number of carbonyl (C=O) groups is 1. The molecule has 8 heteroatoms. The van der Waals surface area contributed by atoms with Gasteiger partial charge >= 0.3 is 0 Å². The van der Waals surface area contributed by atoms with E-state index in [0.717, 1.165) is 12.2 Å². The van der Waals surface area contributed by atoms with Gasteiger partial charge < -0.3 is 5.32 Å². The summed E-state index contributed by atoms with van der Waals surface area (Å²) in [5.74, 6) is 0.139. The largest absolute Gasteiger partial charge is 0.341 e. The van der Waals surface area contributed by atoms with E-state index in [1.54, 1.807) is 18.5 Å². The lowest BCUT2D eigenvalue weighted by molar-refractivity contribution is 0.0928. The molecule has 0 radical (unpaired) electrons. The van der Waals surface area contributed by atoms with Gasteiger partial charge in [0.2, 0.25) is 5.82 Å². The van der Waals surface area contributed by atoms with Crippen LogP contribution >= 0.6 is 0 Å². The SMILES string of the molecule is CCn1ccc([C@H](C)NC(=O)c2nc3ncccn3n2)n1. The predicted octanol–water partition coefficient (Wildman–Crippen LogP) is 0.832. The topological polar surface area (TPSA) is 90.0 Å². The molecular formula is C13H15N7O. The molecule has 3 rings (SSSR count). The Hall–Kier alpha value is -2.77. The maximum atomic E-state index is 12.2. The number of hydrogen-bond donors (Lipinski definition) is 1. The average molecular weight is 285 g/mol. The molecule has 0 aliphatic carbocycles. The van der Waals surface area contributed by atoms with Gasteiger partial charge in [-0.1, -0.05) is 0 Å². The van der Waals surface area contributed by atoms with Gasteiger partial charge in [-0.2, -0.15) is 10.1 Å². The van der Waals surface area contributed by atoms with E-state index in [0.29, 0.717) is 5.78 Å². The van der Waals surface area contributed by atoms with Crippen molar-refractivity contribution >= 4 is 11.7 Å². The van der Waals surface area contributed by atoms with E-state index < -0.39 is 0 Å². The van der Waals surface area contributed by atoms with Crippen molar-refractivity contribution in [2.24, 2.45) is 0 Å². The van der Waals surface area contributed by atoms with Crippen LogP contribution < -0.4 is 5.32 Å². The van der Waals surface area contributed by atoms with Gasteiger partial charge in [-0.25, -0.2) is 9.50 Å². The summed E-state index contributed by atoms with van der Waals surface area (Å²) in [6, 6.07) is 3.39. The second kappa shape index (κ2) is 5.31. The summed E-state index contributed by atoms with van der Waals surface area (Å²) in [7, 11) is 0. The maximum Gasteiger partial charge on any atom is 0.291 e. The molecule has 0 unspecified atom stereocenters. The Morgan fingerprint density at radius 1 is 1.38 bits per heavy atom. The van der Waals surface area contributed by atoms with Crippen molar-refractivity contribution in [2.45, 2.75) is 26.4 Å². The van der Waals surface area contributed by atoms with Crippen LogP contribution in [-0.2, 0) is 6.54 Å². The van der Waals surface area contributed by atoms with Crippen LogP contribution in [0, 0.1) is 0 Å². The maximum absolute atomic E-state index is 12.2. The molecule has 1 N–H and O–H groups in total. The van der Waals surface area contributed by atoms with Crippen molar-refractivity contribution in [3.8, 4) is 0 Å². The zero-order valence-corrected chi connectivity index (χ0v) is 11.8. The lowest BCUT2D eigenvalue weighted by Gasteiger charge is -2.09. The highest BCUT2D eigenvalue weighted by Gasteiger charge is 2.17. The van der Waals surface area contributed by atoms with Gasteiger partial charge in [0.25, 0.3) is 11.7 Å². The molecule has 1 atom stereocenters. The van der Waals surface area contributed by atoms with Crippen molar-refractivity contribution in [1.29, 1.82) is 0 Å². The standard InChI is InChI=1S/C13H15N7O/c1-3-19-8-5-10(17-19)9(2)15-12(21)11-16-13-14-6-4-7-20(13)18-11/h4-9H,3H2,1-2H3,(H,15,21)/t9-/m0/s1. The smallest absolute Gasteiger partial charge is 0.291 e. The second-order valence-corrected chi connectivity index (χ2v) is 4.59. The normalized spacial score (nSPS) is 12.5. The van der Waals surface area contributed by atoms with Crippen LogP contribution in [0.25, 0.3) is 5.78 Å². The van der Waals surface area contributed by atoms with E-state index >= 15 is 0 Å². The predicted molar refractivity (Wildman–Crippen MR) is 74.6 cm³/mol. The van der Waals surface area contributed by atoms with Gasteiger partial charge in [-0.05, 0) is 26.0 Å². The highest BCUT2D eigenvalue weighted by molar-refractivity contribution is 5.91. The summed E-state index contributed by atoms with van der Waals surface area (Å²) in [6.45, 7) is 4.67. The molecule has 8 nitrogen and oxygen atoms in total. The minimum absolute atomic E-state index is 0.0930. The van der Waals surface area contributed by atoms with Gasteiger partial charge in [-0.15, -0.1) is 5.10 Å². The molecule has 0 aliphatic heterocycles. The molecule has 21 heavy (non-hydrogen) atoms. The van der Waals surface area contributed by atoms with E-state index in [-0.39, 0.29) is 17.8 Å². The molecule has 0 aromatic carbocycles. The van der Waals surface area contributed by atoms with Crippen LogP contribution in [0.3, 0.4) is 0 Å². The number of aryl methyl sites for hydroxylation is 1. The minimum atomic E-state index is -0.348. The fraction of sp³-hybridized carbons (Fsp3) is 0.308. The number of amides is 1. The zero-order valence-electron chi connectivity index (χ0n) is 11.8. The molecule has 0 fully saturated rings. The summed E-state index contributed by atoms with van der Waals surface area (Å²) in [4.78, 5) is 20.3. The number of aromatic nitrogens is 6. The summed E-state index contributed by atoms with van der Waals surface area (Å²) >= 11 is 0. The molecule has 0 saturated carbocycles. The van der Waals surface area contributed by atoms with Gasteiger partial charge in [-0.3, -0.25) is 9.48 Å². The fourth-order valence-electron chi connectivity index (χ4n) is 1.95. The first-order valence-corrected chi connectivity index (χ1v) is 6.69. The van der Waals surface area contributed by atoms with Crippen molar-refractivity contribution in [2.75, 3.05) is 0 Å². The monoisotopic (exact) mass is 285 g/mol. The number of carbonyl (C=O) groups excluding carboxylic acids is 1. The van der Waals surface area contributed by atoms with Crippen molar-refractivity contribution in [1.82, 2.24) is 34.7 Å². The number of hydrogen-bond acceptors (Lipinski definition) is 5. The molecule has 0 saturated heterocycles. The molecule has 3 heterocycles. The third-order valence-corrected chi connectivity index (χ3v) is 3.10. The van der Waals surface area contributed by atoms with Gasteiger partial charge in [0.1, 0.15) is 0 Å². The first-order chi connectivity index (χ1) is 10.2. The Bertz CT molecular complexity index is 743. The Balaban J connectivity index is 1.75. The molecular weight excluding hydrogens is 270 g/mol. The van der Waals surface area contributed by atoms with Crippen LogP contribution in [0.1, 0.15) is 36.2 Å². The van der Waals surface area contributed by atoms with E-state index in [9.17, 15) is 4.79 Å². The summed E-state index contributed by atoms with van der Waals surface area (Å²) in [5.41, 5.74) is 0.798. The molecule has 0 bridgehead atoms. The Morgan fingerprint density at radius 3 is 2.95 bits per heavy atom. The zero-order chi connectivity index (χ0) is 14.8. The molecule has 3 aromatic heterocycles. The van der Waals surface area contributed by atoms with Crippen molar-refractivity contribution in [3.63, 3.8) is 0 Å². The van der Waals surface area contributed by atoms with E-state index in [4.69, 9.17) is 0 Å². The van der Waals surface area contributed by atoms with E-state index in [2.05, 4.69) is 25.5 Å². The number of rotatable bonds is 4. The summed E-state index contributed by atoms with van der Waals surface area (Å²) < 4.78 is 3.27. The summed E-state index contributed by atoms with van der Waals surface area (Å²) in [5, 5.41) is 11.3. The summed E-state index contributed by atoms with van der Waals surface area (Å²) in [6.07, 6.45) is 5.18. The van der Waals surface area contributed by atoms with Crippen molar-refractivity contribution < 1.29 is 4.79 Å². The quantitative estimate of drug-likeness (QED) is 0.767. The third kappa shape index (κ3) is 2.60. The lowest BCUT2D eigenvalue weighted by atomic mass is 10.2. The first-order valence-electron chi connectivity index (χ1n) is 6.69. The van der Waals surface area contributed by atoms with E-state index in [1.165, 1.54) is 4.52 Å². The fourth-order valence-corrected chi connectivity index (χ4v) is 1.95. The van der Waals surface area contributed by atoms with Gasteiger partial charge in [0.15, 0.2) is 0 Å². The van der Waals surface area contributed by atoms with Gasteiger partial charge in [0.05, 0.1) is 11.7 Å². The third-order valence-electron chi connectivity index (χ3n) is 3.10. The molecule has 108 valence electrons. The number of nitrogens with one attached hydrogen (secondary N) is 1. The highest BCUT2D eigenvalue weighted by Crippen LogP contribution is 2.10. The van der Waals surface area contributed by atoms with Crippen molar-refractivity contribution in [3.05, 3.63) is 42.2 Å². The van der Waals surface area contributed by atoms with Crippen LogP contribution in [0.5, 0.6) is 0 Å². The Morgan fingerprint density at radius 2 is 2.24 bits per heavy atom. The first kappa shape index (κ1) is 13.2. The second-order valence-electron chi connectivity index (χ2n) is 4.59. The Labute approximate surface area is 120 Å². The molecule has 1 amide bonds. The molecule has 0 spiro atoms. The Kier molecular flexibility index (Phi) is 3.35. The van der Waals surface area contributed by atoms with Crippen LogP contribution in [0.15, 0.2) is 30.7 Å². The lowest BCUT2D eigenvalue weighted by Crippen LogP contribution is -2.28. The van der Waals surface area contributed by atoms with Gasteiger partial charge in [0, 0.05) is 25.1 Å². The molecule has 3 aromatic rings. The van der Waals surface area contributed by atoms with Crippen LogP contribution in [0.2, 0.25) is 0 Å². The van der Waals surface area contributed by atoms with Crippen LogP contribution in [0.4, 0.5) is 0 Å². The minimum Gasteiger partial charge on any atom is -0.341 e.